The normalized spacial score (nSPS) is 19.3. The van der Waals surface area contributed by atoms with Crippen LogP contribution in [0.5, 0.6) is 0 Å². The van der Waals surface area contributed by atoms with E-state index in [1.54, 1.807) is 18.3 Å². The highest BCUT2D eigenvalue weighted by Crippen LogP contribution is 2.42. The molecule has 0 unspecified atom stereocenters. The van der Waals surface area contributed by atoms with Crippen LogP contribution in [0.4, 0.5) is 0 Å². The molecule has 28 heavy (non-hydrogen) atoms. The summed E-state index contributed by atoms with van der Waals surface area (Å²) in [5.41, 5.74) is 1.72. The smallest absolute Gasteiger partial charge is 0.170 e. The summed E-state index contributed by atoms with van der Waals surface area (Å²) >= 11 is 18.0. The first-order valence-corrected chi connectivity index (χ1v) is 10.2. The summed E-state index contributed by atoms with van der Waals surface area (Å²) in [5.74, 6) is 1.50. The van der Waals surface area contributed by atoms with E-state index < -0.39 is 0 Å². The Morgan fingerprint density at radius 1 is 1.14 bits per heavy atom. The molecular weight excluding hydrogens is 413 g/mol. The highest BCUT2D eigenvalue weighted by atomic mass is 35.5. The Morgan fingerprint density at radius 2 is 1.96 bits per heavy atom. The van der Waals surface area contributed by atoms with Gasteiger partial charge in [0.15, 0.2) is 5.11 Å². The molecule has 1 aromatic carbocycles. The molecule has 1 aliphatic heterocycles. The molecule has 0 amide bonds. The number of nitrogens with one attached hydrogen (secondary N) is 1. The van der Waals surface area contributed by atoms with Crippen LogP contribution in [-0.2, 0) is 0 Å². The van der Waals surface area contributed by atoms with Crippen LogP contribution in [0.1, 0.15) is 37.4 Å². The minimum absolute atomic E-state index is 0.101. The van der Waals surface area contributed by atoms with E-state index in [0.717, 1.165) is 17.0 Å². The van der Waals surface area contributed by atoms with Crippen molar-refractivity contribution in [3.63, 3.8) is 0 Å². The number of pyridine rings is 1. The Labute approximate surface area is 179 Å². The van der Waals surface area contributed by atoms with E-state index in [9.17, 15) is 0 Å². The lowest BCUT2D eigenvalue weighted by molar-refractivity contribution is 0.237. The van der Waals surface area contributed by atoms with Gasteiger partial charge in [-0.3, -0.25) is 4.98 Å². The van der Waals surface area contributed by atoms with Gasteiger partial charge in [-0.2, -0.15) is 0 Å². The molecule has 1 saturated heterocycles. The lowest BCUT2D eigenvalue weighted by Gasteiger charge is -2.29. The molecule has 0 saturated carbocycles. The number of hydrogen-bond donors (Lipinski definition) is 1. The molecule has 2 aromatic heterocycles. The van der Waals surface area contributed by atoms with Crippen molar-refractivity contribution in [1.82, 2.24) is 15.2 Å². The van der Waals surface area contributed by atoms with Crippen LogP contribution in [0.3, 0.4) is 0 Å². The third kappa shape index (κ3) is 3.50. The van der Waals surface area contributed by atoms with Gasteiger partial charge in [-0.05, 0) is 68.5 Å². The topological polar surface area (TPSA) is 41.3 Å². The van der Waals surface area contributed by atoms with Crippen molar-refractivity contribution in [2.45, 2.75) is 32.0 Å². The molecular formula is C21H19Cl2N3OS. The lowest BCUT2D eigenvalue weighted by atomic mass is 10.0. The number of benzene rings is 1. The lowest BCUT2D eigenvalue weighted by Crippen LogP contribution is -2.35. The van der Waals surface area contributed by atoms with Crippen molar-refractivity contribution >= 4 is 40.5 Å². The molecule has 2 atom stereocenters. The number of hydrogen-bond acceptors (Lipinski definition) is 3. The Morgan fingerprint density at radius 3 is 2.64 bits per heavy atom. The first kappa shape index (κ1) is 19.2. The second kappa shape index (κ2) is 7.74. The summed E-state index contributed by atoms with van der Waals surface area (Å²) in [5, 5.41) is 5.24. The Balaban J connectivity index is 1.76. The van der Waals surface area contributed by atoms with Crippen molar-refractivity contribution in [3.05, 3.63) is 76.2 Å². The zero-order valence-corrected chi connectivity index (χ0v) is 17.7. The van der Waals surface area contributed by atoms with Gasteiger partial charge in [-0.25, -0.2) is 0 Å². The summed E-state index contributed by atoms with van der Waals surface area (Å²) in [6, 6.07) is 15.1. The molecule has 0 radical (unpaired) electrons. The van der Waals surface area contributed by atoms with Crippen LogP contribution in [0.2, 0.25) is 10.0 Å². The maximum absolute atomic E-state index is 6.36. The van der Waals surface area contributed by atoms with Crippen molar-refractivity contribution in [1.29, 1.82) is 0 Å². The van der Waals surface area contributed by atoms with Gasteiger partial charge in [0, 0.05) is 22.8 Å². The van der Waals surface area contributed by atoms with Crippen molar-refractivity contribution in [2.75, 3.05) is 0 Å². The second-order valence-corrected chi connectivity index (χ2v) is 8.18. The molecule has 0 spiro atoms. The molecule has 4 rings (SSSR count). The first-order chi connectivity index (χ1) is 13.5. The van der Waals surface area contributed by atoms with E-state index in [2.05, 4.69) is 29.0 Å². The van der Waals surface area contributed by atoms with E-state index in [0.29, 0.717) is 20.9 Å². The summed E-state index contributed by atoms with van der Waals surface area (Å²) in [6.45, 7) is 4.23. The predicted molar refractivity (Wildman–Crippen MR) is 117 cm³/mol. The third-order valence-electron chi connectivity index (χ3n) is 4.81. The number of aromatic nitrogens is 1. The molecule has 144 valence electrons. The standard InChI is InChI=1S/C21H19Cl2N3OS/c1-12(2)26-20(19(25-21(26)28)16-5-3-4-10-24-16)18-9-8-17(27-18)14-7-6-13(22)11-15(14)23/h3-12,19-20H,1-2H3,(H,25,28)/t19-,20+/m0/s1. The SMILES string of the molecule is CC(C)N1C(=S)N[C@@H](c2ccccn2)[C@H]1c1ccc(-c2ccc(Cl)cc2Cl)o1. The molecule has 3 heterocycles. The van der Waals surface area contributed by atoms with Crippen molar-refractivity contribution < 1.29 is 4.42 Å². The average molecular weight is 432 g/mol. The van der Waals surface area contributed by atoms with Crippen LogP contribution in [-0.4, -0.2) is 21.0 Å². The Hall–Kier alpha value is -2.08. The minimum atomic E-state index is -0.109. The molecule has 7 heteroatoms. The largest absolute Gasteiger partial charge is 0.459 e. The monoisotopic (exact) mass is 431 g/mol. The number of halogens is 2. The second-order valence-electron chi connectivity index (χ2n) is 6.95. The summed E-state index contributed by atoms with van der Waals surface area (Å²) in [4.78, 5) is 6.68. The highest BCUT2D eigenvalue weighted by Gasteiger charge is 2.42. The van der Waals surface area contributed by atoms with Gasteiger partial charge in [0.25, 0.3) is 0 Å². The van der Waals surface area contributed by atoms with Crippen molar-refractivity contribution in [3.8, 4) is 11.3 Å². The number of nitrogens with zero attached hydrogens (tertiary/aromatic N) is 2. The maximum Gasteiger partial charge on any atom is 0.170 e. The summed E-state index contributed by atoms with van der Waals surface area (Å²) < 4.78 is 6.26. The fourth-order valence-electron chi connectivity index (χ4n) is 3.57. The van der Waals surface area contributed by atoms with Crippen molar-refractivity contribution in [2.24, 2.45) is 0 Å². The summed E-state index contributed by atoms with van der Waals surface area (Å²) in [7, 11) is 0. The average Bonchev–Trinajstić information content (AvgIpc) is 3.26. The van der Waals surface area contributed by atoms with Crippen LogP contribution in [0.25, 0.3) is 11.3 Å². The van der Waals surface area contributed by atoms with Crippen LogP contribution in [0.15, 0.2) is 59.1 Å². The number of rotatable bonds is 4. The van der Waals surface area contributed by atoms with E-state index in [-0.39, 0.29) is 18.1 Å². The fraction of sp³-hybridized carbons (Fsp3) is 0.238. The van der Waals surface area contributed by atoms with Gasteiger partial charge in [0.05, 0.1) is 16.8 Å². The molecule has 1 aliphatic rings. The first-order valence-electron chi connectivity index (χ1n) is 9.00. The molecule has 1 fully saturated rings. The zero-order valence-electron chi connectivity index (χ0n) is 15.4. The van der Waals surface area contributed by atoms with Gasteiger partial charge < -0.3 is 14.6 Å². The molecule has 0 bridgehead atoms. The van der Waals surface area contributed by atoms with Crippen LogP contribution in [0, 0.1) is 0 Å². The Bertz CT molecular complexity index is 1010. The molecule has 1 N–H and O–H groups in total. The van der Waals surface area contributed by atoms with E-state index in [1.165, 1.54) is 0 Å². The molecule has 3 aromatic rings. The molecule has 0 aliphatic carbocycles. The fourth-order valence-corrected chi connectivity index (χ4v) is 4.52. The number of thiocarbonyl (C=S) groups is 1. The third-order valence-corrected chi connectivity index (χ3v) is 5.68. The number of furan rings is 1. The minimum Gasteiger partial charge on any atom is -0.459 e. The van der Waals surface area contributed by atoms with Gasteiger partial charge in [0.2, 0.25) is 0 Å². The summed E-state index contributed by atoms with van der Waals surface area (Å²) in [6.07, 6.45) is 1.79. The van der Waals surface area contributed by atoms with Gasteiger partial charge in [-0.15, -0.1) is 0 Å². The van der Waals surface area contributed by atoms with Crippen LogP contribution < -0.4 is 5.32 Å². The van der Waals surface area contributed by atoms with Crippen LogP contribution >= 0.6 is 35.4 Å². The quantitative estimate of drug-likeness (QED) is 0.510. The van der Waals surface area contributed by atoms with Gasteiger partial charge in [0.1, 0.15) is 17.6 Å². The van der Waals surface area contributed by atoms with Gasteiger partial charge >= 0.3 is 0 Å². The van der Waals surface area contributed by atoms with E-state index >= 15 is 0 Å². The highest BCUT2D eigenvalue weighted by molar-refractivity contribution is 7.80. The zero-order chi connectivity index (χ0) is 19.8. The Kier molecular flexibility index (Phi) is 5.32. The van der Waals surface area contributed by atoms with E-state index in [1.807, 2.05) is 36.4 Å². The predicted octanol–water partition coefficient (Wildman–Crippen LogP) is 6.03. The maximum atomic E-state index is 6.36. The molecule has 4 nitrogen and oxygen atoms in total. The van der Waals surface area contributed by atoms with E-state index in [4.69, 9.17) is 39.8 Å². The van der Waals surface area contributed by atoms with Gasteiger partial charge in [-0.1, -0.05) is 29.3 Å².